The van der Waals surface area contributed by atoms with Crippen molar-refractivity contribution in [3.8, 4) is 0 Å². The topological polar surface area (TPSA) is 91.3 Å². The van der Waals surface area contributed by atoms with E-state index < -0.39 is 23.4 Å². The fourth-order valence-electron chi connectivity index (χ4n) is 1.60. The van der Waals surface area contributed by atoms with Crippen LogP contribution in [0.1, 0.15) is 21.1 Å². The second kappa shape index (κ2) is 6.31. The summed E-state index contributed by atoms with van der Waals surface area (Å²) in [5.41, 5.74) is 0.462. The van der Waals surface area contributed by atoms with Gasteiger partial charge in [-0.15, -0.1) is 11.3 Å². The lowest BCUT2D eigenvalue weighted by atomic mass is 10.2. The van der Waals surface area contributed by atoms with Gasteiger partial charge in [0.05, 0.1) is 22.8 Å². The minimum Gasteiger partial charge on any atom is -0.478 e. The van der Waals surface area contributed by atoms with Crippen molar-refractivity contribution in [3.63, 3.8) is 0 Å². The van der Waals surface area contributed by atoms with Gasteiger partial charge in [-0.25, -0.2) is 19.0 Å². The van der Waals surface area contributed by atoms with Gasteiger partial charge in [-0.05, 0) is 25.1 Å². The van der Waals surface area contributed by atoms with E-state index in [2.05, 4.69) is 15.6 Å². The molecule has 0 fully saturated rings. The molecule has 0 unspecified atom stereocenters. The molecule has 1 aromatic carbocycles. The highest BCUT2D eigenvalue weighted by Gasteiger charge is 2.11. The number of carbonyl (C=O) groups is 2. The number of aromatic carboxylic acids is 1. The van der Waals surface area contributed by atoms with E-state index in [4.69, 9.17) is 5.11 Å². The van der Waals surface area contributed by atoms with Gasteiger partial charge in [0.1, 0.15) is 5.82 Å². The van der Waals surface area contributed by atoms with E-state index >= 15 is 0 Å². The Morgan fingerprint density at radius 3 is 2.76 bits per heavy atom. The van der Waals surface area contributed by atoms with Gasteiger partial charge >= 0.3 is 12.0 Å². The average molecular weight is 309 g/mol. The van der Waals surface area contributed by atoms with Crippen molar-refractivity contribution in [1.82, 2.24) is 10.3 Å². The van der Waals surface area contributed by atoms with Crippen LogP contribution in [-0.4, -0.2) is 22.1 Å². The Hall–Kier alpha value is -2.48. The molecule has 2 aromatic rings. The number of hydrogen-bond donors (Lipinski definition) is 3. The Morgan fingerprint density at radius 1 is 1.43 bits per heavy atom. The summed E-state index contributed by atoms with van der Waals surface area (Å²) < 4.78 is 13.4. The number of nitrogens with one attached hydrogen (secondary N) is 2. The van der Waals surface area contributed by atoms with Crippen LogP contribution in [0, 0.1) is 12.7 Å². The Labute approximate surface area is 123 Å². The molecule has 8 heteroatoms. The van der Waals surface area contributed by atoms with E-state index in [0.717, 1.165) is 22.8 Å². The summed E-state index contributed by atoms with van der Waals surface area (Å²) in [6.07, 6.45) is 0. The maximum Gasteiger partial charge on any atom is 0.338 e. The van der Waals surface area contributed by atoms with E-state index in [1.807, 2.05) is 12.3 Å². The average Bonchev–Trinajstić information content (AvgIpc) is 2.82. The molecule has 3 N–H and O–H groups in total. The van der Waals surface area contributed by atoms with Crippen LogP contribution in [-0.2, 0) is 6.54 Å². The maximum absolute atomic E-state index is 13.4. The van der Waals surface area contributed by atoms with Gasteiger partial charge in [0, 0.05) is 11.1 Å². The number of hydrogen-bond acceptors (Lipinski definition) is 4. The summed E-state index contributed by atoms with van der Waals surface area (Å²) >= 11 is 1.48. The molecule has 0 saturated heterocycles. The van der Waals surface area contributed by atoms with Crippen LogP contribution in [0.4, 0.5) is 14.9 Å². The Kier molecular flexibility index (Phi) is 4.49. The highest BCUT2D eigenvalue weighted by atomic mass is 32.1. The lowest BCUT2D eigenvalue weighted by Gasteiger charge is -2.07. The zero-order chi connectivity index (χ0) is 15.4. The number of rotatable bonds is 4. The molecule has 0 aliphatic heterocycles. The molecule has 0 bridgehead atoms. The number of amides is 2. The first-order valence-corrected chi connectivity index (χ1v) is 6.82. The van der Waals surface area contributed by atoms with Gasteiger partial charge in [-0.2, -0.15) is 0 Å². The van der Waals surface area contributed by atoms with Crippen LogP contribution in [0.25, 0.3) is 0 Å². The first kappa shape index (κ1) is 14.9. The van der Waals surface area contributed by atoms with Gasteiger partial charge in [0.15, 0.2) is 0 Å². The first-order valence-electron chi connectivity index (χ1n) is 5.94. The third-order valence-corrected chi connectivity index (χ3v) is 3.38. The van der Waals surface area contributed by atoms with Gasteiger partial charge < -0.3 is 15.7 Å². The van der Waals surface area contributed by atoms with Crippen LogP contribution >= 0.6 is 11.3 Å². The molecule has 0 aliphatic rings. The summed E-state index contributed by atoms with van der Waals surface area (Å²) in [6, 6.07) is 2.84. The maximum atomic E-state index is 13.4. The number of carbonyl (C=O) groups excluding carboxylic acids is 1. The molecule has 2 rings (SSSR count). The molecule has 0 saturated carbocycles. The number of nitrogens with zero attached hydrogens (tertiary/aromatic N) is 1. The number of urea groups is 1. The second-order valence-electron chi connectivity index (χ2n) is 4.17. The van der Waals surface area contributed by atoms with Gasteiger partial charge in [-0.3, -0.25) is 0 Å². The number of carboxylic acids is 1. The number of aryl methyl sites for hydroxylation is 1. The molecule has 1 aromatic heterocycles. The predicted molar refractivity (Wildman–Crippen MR) is 76.1 cm³/mol. The van der Waals surface area contributed by atoms with Crippen LogP contribution in [0.15, 0.2) is 23.6 Å². The van der Waals surface area contributed by atoms with Crippen molar-refractivity contribution in [2.24, 2.45) is 0 Å². The fraction of sp³-hybridized carbons (Fsp3) is 0.154. The van der Waals surface area contributed by atoms with Crippen molar-refractivity contribution in [2.75, 3.05) is 5.32 Å². The zero-order valence-corrected chi connectivity index (χ0v) is 11.8. The van der Waals surface area contributed by atoms with Crippen LogP contribution in [0.3, 0.4) is 0 Å². The normalized spacial score (nSPS) is 10.2. The van der Waals surface area contributed by atoms with Gasteiger partial charge in [0.25, 0.3) is 0 Å². The lowest BCUT2D eigenvalue weighted by Crippen LogP contribution is -2.28. The van der Waals surface area contributed by atoms with E-state index in [9.17, 15) is 14.0 Å². The number of anilines is 1. The zero-order valence-electron chi connectivity index (χ0n) is 11.0. The van der Waals surface area contributed by atoms with E-state index in [1.54, 1.807) is 0 Å². The highest BCUT2D eigenvalue weighted by Crippen LogP contribution is 2.14. The minimum atomic E-state index is -1.36. The minimum absolute atomic E-state index is 0.171. The van der Waals surface area contributed by atoms with E-state index in [1.165, 1.54) is 17.4 Å². The largest absolute Gasteiger partial charge is 0.478 e. The third kappa shape index (κ3) is 3.99. The molecule has 1 heterocycles. The summed E-state index contributed by atoms with van der Waals surface area (Å²) in [5.74, 6) is -2.27. The molecule has 6 nitrogen and oxygen atoms in total. The number of halogens is 1. The molecular formula is C13H12FN3O3S. The van der Waals surface area contributed by atoms with Crippen LogP contribution < -0.4 is 10.6 Å². The van der Waals surface area contributed by atoms with Crippen molar-refractivity contribution in [3.05, 3.63) is 45.7 Å². The smallest absolute Gasteiger partial charge is 0.338 e. The van der Waals surface area contributed by atoms with Gasteiger partial charge in [0.2, 0.25) is 0 Å². The molecule has 110 valence electrons. The number of thiazole rings is 1. The van der Waals surface area contributed by atoms with Crippen molar-refractivity contribution in [1.29, 1.82) is 0 Å². The Morgan fingerprint density at radius 2 is 2.19 bits per heavy atom. The SMILES string of the molecule is Cc1nc(CNC(=O)Nc2ccc(C(=O)O)c(F)c2)cs1. The summed E-state index contributed by atoms with van der Waals surface area (Å²) in [7, 11) is 0. The Balaban J connectivity index is 1.93. The second-order valence-corrected chi connectivity index (χ2v) is 5.23. The molecule has 2 amide bonds. The fourth-order valence-corrected chi connectivity index (χ4v) is 2.21. The standard InChI is InChI=1S/C13H12FN3O3S/c1-7-16-9(6-21-7)5-15-13(20)17-8-2-3-10(12(18)19)11(14)4-8/h2-4,6H,5H2,1H3,(H,18,19)(H2,15,17,20). The first-order chi connectivity index (χ1) is 9.95. The number of benzene rings is 1. The van der Waals surface area contributed by atoms with Crippen LogP contribution in [0.2, 0.25) is 0 Å². The molecule has 0 spiro atoms. The molecule has 0 atom stereocenters. The third-order valence-electron chi connectivity index (χ3n) is 2.55. The molecular weight excluding hydrogens is 297 g/mol. The monoisotopic (exact) mass is 309 g/mol. The van der Waals surface area contributed by atoms with E-state index in [-0.39, 0.29) is 12.2 Å². The molecule has 0 radical (unpaired) electrons. The molecule has 21 heavy (non-hydrogen) atoms. The number of carboxylic acid groups (broad SMARTS) is 1. The summed E-state index contributed by atoms with van der Waals surface area (Å²) in [4.78, 5) is 26.5. The van der Waals surface area contributed by atoms with Crippen molar-refractivity contribution >= 4 is 29.0 Å². The number of aromatic nitrogens is 1. The summed E-state index contributed by atoms with van der Waals surface area (Å²) in [5, 5.41) is 16.4. The van der Waals surface area contributed by atoms with Crippen LogP contribution in [0.5, 0.6) is 0 Å². The van der Waals surface area contributed by atoms with Gasteiger partial charge in [-0.1, -0.05) is 0 Å². The van der Waals surface area contributed by atoms with Crippen molar-refractivity contribution < 1.29 is 19.1 Å². The quantitative estimate of drug-likeness (QED) is 0.809. The lowest BCUT2D eigenvalue weighted by molar-refractivity contribution is 0.0692. The Bertz CT molecular complexity index is 687. The summed E-state index contributed by atoms with van der Waals surface area (Å²) in [6.45, 7) is 2.12. The highest BCUT2D eigenvalue weighted by molar-refractivity contribution is 7.09. The molecule has 0 aliphatic carbocycles. The van der Waals surface area contributed by atoms with Crippen molar-refractivity contribution in [2.45, 2.75) is 13.5 Å². The van der Waals surface area contributed by atoms with E-state index in [0.29, 0.717) is 0 Å². The predicted octanol–water partition coefficient (Wildman–Crippen LogP) is 2.61.